The molecular formula is C11H16O3S. The maximum absolute atomic E-state index is 11.2. The maximum atomic E-state index is 11.2. The molecule has 0 aromatic heterocycles. The Labute approximate surface area is 90.9 Å². The Morgan fingerprint density at radius 2 is 1.73 bits per heavy atom. The van der Waals surface area contributed by atoms with Crippen molar-refractivity contribution in [2.75, 3.05) is 0 Å². The maximum Gasteiger partial charge on any atom is 0.294 e. The van der Waals surface area contributed by atoms with E-state index in [1.165, 1.54) is 6.07 Å². The first kappa shape index (κ1) is 12.2. The first-order valence-electron chi connectivity index (χ1n) is 4.71. The fourth-order valence-corrected chi connectivity index (χ4v) is 2.34. The molecule has 0 aliphatic carbocycles. The fourth-order valence-electron chi connectivity index (χ4n) is 1.45. The molecule has 0 amide bonds. The quantitative estimate of drug-likeness (QED) is 0.751. The van der Waals surface area contributed by atoms with Crippen molar-refractivity contribution in [3.8, 4) is 0 Å². The Morgan fingerprint density at radius 1 is 1.20 bits per heavy atom. The predicted octanol–water partition coefficient (Wildman–Crippen LogP) is 2.54. The van der Waals surface area contributed by atoms with Gasteiger partial charge in [-0.2, -0.15) is 8.42 Å². The van der Waals surface area contributed by atoms with Crippen LogP contribution in [0.3, 0.4) is 0 Å². The molecule has 0 heterocycles. The van der Waals surface area contributed by atoms with E-state index >= 15 is 0 Å². The summed E-state index contributed by atoms with van der Waals surface area (Å²) in [5, 5.41) is 0. The summed E-state index contributed by atoms with van der Waals surface area (Å²) in [5.41, 5.74) is 1.31. The van der Waals surface area contributed by atoms with Gasteiger partial charge in [0, 0.05) is 0 Å². The van der Waals surface area contributed by atoms with Crippen LogP contribution in [0.1, 0.15) is 31.9 Å². The Hall–Kier alpha value is -0.870. The lowest BCUT2D eigenvalue weighted by Gasteiger charge is -2.22. The monoisotopic (exact) mass is 228 g/mol. The van der Waals surface area contributed by atoms with Crippen molar-refractivity contribution in [2.24, 2.45) is 0 Å². The van der Waals surface area contributed by atoms with Gasteiger partial charge in [-0.25, -0.2) is 0 Å². The largest absolute Gasteiger partial charge is 0.294 e. The highest BCUT2D eigenvalue weighted by Gasteiger charge is 2.24. The summed E-state index contributed by atoms with van der Waals surface area (Å²) in [5.74, 6) is 0. The minimum Gasteiger partial charge on any atom is -0.282 e. The number of aryl methyl sites for hydroxylation is 1. The second-order valence-corrected chi connectivity index (χ2v) is 6.11. The smallest absolute Gasteiger partial charge is 0.282 e. The zero-order valence-electron chi connectivity index (χ0n) is 9.40. The molecule has 0 bridgehead atoms. The zero-order chi connectivity index (χ0) is 11.9. The van der Waals surface area contributed by atoms with Crippen molar-refractivity contribution in [1.82, 2.24) is 0 Å². The van der Waals surface area contributed by atoms with Crippen LogP contribution >= 0.6 is 0 Å². The third kappa shape index (κ3) is 2.79. The highest BCUT2D eigenvalue weighted by atomic mass is 32.2. The van der Waals surface area contributed by atoms with E-state index in [1.54, 1.807) is 12.1 Å². The molecule has 0 saturated carbocycles. The first-order chi connectivity index (χ1) is 6.62. The lowest BCUT2D eigenvalue weighted by molar-refractivity contribution is 0.476. The van der Waals surface area contributed by atoms with Gasteiger partial charge in [-0.15, -0.1) is 0 Å². The molecule has 1 N–H and O–H groups in total. The summed E-state index contributed by atoms with van der Waals surface area (Å²) in [6.07, 6.45) is 0. The molecule has 0 saturated heterocycles. The molecule has 0 radical (unpaired) electrons. The summed E-state index contributed by atoms with van der Waals surface area (Å²) >= 11 is 0. The van der Waals surface area contributed by atoms with Crippen molar-refractivity contribution >= 4 is 10.1 Å². The van der Waals surface area contributed by atoms with E-state index in [0.29, 0.717) is 5.56 Å². The number of hydrogen-bond acceptors (Lipinski definition) is 2. The van der Waals surface area contributed by atoms with Gasteiger partial charge in [0.15, 0.2) is 0 Å². The third-order valence-electron chi connectivity index (χ3n) is 2.22. The van der Waals surface area contributed by atoms with Crippen LogP contribution in [-0.4, -0.2) is 13.0 Å². The Bertz CT molecular complexity index is 467. The average molecular weight is 228 g/mol. The van der Waals surface area contributed by atoms with Gasteiger partial charge in [-0.3, -0.25) is 4.55 Å². The Morgan fingerprint density at radius 3 is 2.13 bits per heavy atom. The van der Waals surface area contributed by atoms with Crippen LogP contribution in [0.5, 0.6) is 0 Å². The number of benzene rings is 1. The minimum atomic E-state index is -4.13. The van der Waals surface area contributed by atoms with Crippen molar-refractivity contribution in [1.29, 1.82) is 0 Å². The van der Waals surface area contributed by atoms with Gasteiger partial charge < -0.3 is 0 Å². The number of hydrogen-bond donors (Lipinski definition) is 1. The molecule has 15 heavy (non-hydrogen) atoms. The summed E-state index contributed by atoms with van der Waals surface area (Å²) in [7, 11) is -4.13. The normalized spacial score (nSPS) is 12.9. The van der Waals surface area contributed by atoms with Crippen LogP contribution < -0.4 is 0 Å². The molecule has 0 aliphatic rings. The molecule has 0 fully saturated rings. The topological polar surface area (TPSA) is 54.4 Å². The summed E-state index contributed by atoms with van der Waals surface area (Å²) < 4.78 is 31.4. The molecule has 1 aromatic rings. The van der Waals surface area contributed by atoms with Crippen LogP contribution in [0.4, 0.5) is 0 Å². The van der Waals surface area contributed by atoms with Gasteiger partial charge in [0.25, 0.3) is 10.1 Å². The zero-order valence-corrected chi connectivity index (χ0v) is 10.2. The van der Waals surface area contributed by atoms with Gasteiger partial charge in [-0.1, -0.05) is 38.5 Å². The highest BCUT2D eigenvalue weighted by Crippen LogP contribution is 2.29. The fraction of sp³-hybridized carbons (Fsp3) is 0.455. The van der Waals surface area contributed by atoms with Crippen molar-refractivity contribution in [3.63, 3.8) is 0 Å². The second kappa shape index (κ2) is 3.61. The SMILES string of the molecule is Cc1ccc(S(=O)(=O)O)c(C(C)(C)C)c1. The van der Waals surface area contributed by atoms with Crippen molar-refractivity contribution in [3.05, 3.63) is 29.3 Å². The van der Waals surface area contributed by atoms with Crippen LogP contribution in [-0.2, 0) is 15.5 Å². The average Bonchev–Trinajstić information content (AvgIpc) is 2.00. The van der Waals surface area contributed by atoms with Crippen molar-refractivity contribution in [2.45, 2.75) is 38.0 Å². The molecule has 4 heteroatoms. The second-order valence-electron chi connectivity index (χ2n) is 4.72. The molecule has 84 valence electrons. The Balaban J connectivity index is 3.55. The molecule has 0 aliphatic heterocycles. The number of rotatable bonds is 1. The molecule has 0 spiro atoms. The van der Waals surface area contributed by atoms with Gasteiger partial charge in [0.2, 0.25) is 0 Å². The van der Waals surface area contributed by atoms with E-state index in [-0.39, 0.29) is 10.3 Å². The summed E-state index contributed by atoms with van der Waals surface area (Å²) in [6, 6.07) is 4.92. The van der Waals surface area contributed by atoms with Gasteiger partial charge in [-0.05, 0) is 24.0 Å². The molecule has 1 rings (SSSR count). The van der Waals surface area contributed by atoms with Crippen molar-refractivity contribution < 1.29 is 13.0 Å². The van der Waals surface area contributed by atoms with Gasteiger partial charge in [0.1, 0.15) is 0 Å². The lowest BCUT2D eigenvalue weighted by Crippen LogP contribution is -2.16. The van der Waals surface area contributed by atoms with E-state index < -0.39 is 10.1 Å². The van der Waals surface area contributed by atoms with Crippen LogP contribution in [0.2, 0.25) is 0 Å². The molecule has 0 atom stereocenters. The van der Waals surface area contributed by atoms with Gasteiger partial charge >= 0.3 is 0 Å². The molecular weight excluding hydrogens is 212 g/mol. The molecule has 3 nitrogen and oxygen atoms in total. The standard InChI is InChI=1S/C11H16O3S/c1-8-5-6-10(15(12,13)14)9(7-8)11(2,3)4/h5-7H,1-4H3,(H,12,13,14). The first-order valence-corrected chi connectivity index (χ1v) is 6.15. The van der Waals surface area contributed by atoms with E-state index in [1.807, 2.05) is 27.7 Å². The molecule has 1 aromatic carbocycles. The summed E-state index contributed by atoms with van der Waals surface area (Å²) in [6.45, 7) is 7.63. The van der Waals surface area contributed by atoms with E-state index in [4.69, 9.17) is 4.55 Å². The van der Waals surface area contributed by atoms with Gasteiger partial charge in [0.05, 0.1) is 4.90 Å². The minimum absolute atomic E-state index is 0.000556. The van der Waals surface area contributed by atoms with Crippen LogP contribution in [0, 0.1) is 6.92 Å². The Kier molecular flexibility index (Phi) is 2.94. The lowest BCUT2D eigenvalue weighted by atomic mass is 9.86. The highest BCUT2D eigenvalue weighted by molar-refractivity contribution is 7.85. The van der Waals surface area contributed by atoms with Crippen LogP contribution in [0.25, 0.3) is 0 Å². The summed E-state index contributed by atoms with van der Waals surface area (Å²) in [4.78, 5) is 0.000556. The van der Waals surface area contributed by atoms with E-state index in [2.05, 4.69) is 0 Å². The van der Waals surface area contributed by atoms with E-state index in [9.17, 15) is 8.42 Å². The molecule has 0 unspecified atom stereocenters. The van der Waals surface area contributed by atoms with Crippen LogP contribution in [0.15, 0.2) is 23.1 Å². The third-order valence-corrected chi connectivity index (χ3v) is 3.13. The predicted molar refractivity (Wildman–Crippen MR) is 59.7 cm³/mol. The van der Waals surface area contributed by atoms with E-state index in [0.717, 1.165) is 5.56 Å².